The molecule has 4 nitrogen and oxygen atoms in total. The first kappa shape index (κ1) is 16.2. The van der Waals surface area contributed by atoms with E-state index in [9.17, 15) is 13.2 Å². The lowest BCUT2D eigenvalue weighted by Gasteiger charge is -2.09. The van der Waals surface area contributed by atoms with Gasteiger partial charge in [-0.25, -0.2) is 8.42 Å². The Morgan fingerprint density at radius 2 is 1.65 bits per heavy atom. The Morgan fingerprint density at radius 3 is 2.15 bits per heavy atom. The van der Waals surface area contributed by atoms with Gasteiger partial charge in [0.15, 0.2) is 9.84 Å². The molecular weight excluding hydrogens is 298 g/mol. The summed E-state index contributed by atoms with van der Waals surface area (Å²) in [5.41, 5.74) is 6.70. The molecule has 2 N–H and O–H groups in total. The van der Waals surface area contributed by atoms with Gasteiger partial charge in [0.05, 0.1) is 4.90 Å². The summed E-state index contributed by atoms with van der Waals surface area (Å²) >= 11 is 0. The second kappa shape index (κ2) is 6.07. The van der Waals surface area contributed by atoms with E-state index in [1.807, 2.05) is 30.3 Å². The number of amides is 1. The average Bonchev–Trinajstić information content (AvgIpc) is 2.38. The highest BCUT2D eigenvalue weighted by Crippen LogP contribution is 2.28. The quantitative estimate of drug-likeness (QED) is 0.944. The van der Waals surface area contributed by atoms with Crippen LogP contribution in [0.5, 0.6) is 0 Å². The summed E-state index contributed by atoms with van der Waals surface area (Å²) in [6.07, 6.45) is 1.11. The maximum absolute atomic E-state index is 11.8. The number of rotatable bonds is 3. The summed E-state index contributed by atoms with van der Waals surface area (Å²) in [6, 6.07) is 13.6. The van der Waals surface area contributed by atoms with E-state index in [0.717, 1.165) is 11.8 Å². The van der Waals surface area contributed by atoms with Gasteiger partial charge < -0.3 is 5.73 Å². The molecule has 0 heterocycles. The lowest BCUT2D eigenvalue weighted by atomic mass is 10.0. The fraction of sp³-hybridized carbons (Fsp3) is 0.0714. The van der Waals surface area contributed by atoms with Crippen molar-refractivity contribution in [3.05, 3.63) is 54.1 Å². The molecule has 2 aromatic rings. The van der Waals surface area contributed by atoms with Gasteiger partial charge in [0.25, 0.3) is 0 Å². The van der Waals surface area contributed by atoms with Gasteiger partial charge in [0.1, 0.15) is 0 Å². The Hall–Kier alpha value is -1.85. The van der Waals surface area contributed by atoms with Crippen LogP contribution in [-0.2, 0) is 9.84 Å². The van der Waals surface area contributed by atoms with Crippen molar-refractivity contribution in [1.29, 1.82) is 0 Å². The van der Waals surface area contributed by atoms with E-state index in [-0.39, 0.29) is 22.9 Å². The highest BCUT2D eigenvalue weighted by molar-refractivity contribution is 7.90. The highest BCUT2D eigenvalue weighted by Gasteiger charge is 2.16. The lowest BCUT2D eigenvalue weighted by Crippen LogP contribution is -2.12. The number of carbonyl (C=O) groups excluding carboxylic acids is 1. The smallest absolute Gasteiger partial charge is 0.248 e. The molecule has 20 heavy (non-hydrogen) atoms. The van der Waals surface area contributed by atoms with Crippen LogP contribution in [0.15, 0.2) is 53.4 Å². The fourth-order valence-corrected chi connectivity index (χ4v) is 2.76. The Morgan fingerprint density at radius 1 is 1.05 bits per heavy atom. The zero-order valence-electron chi connectivity index (χ0n) is 10.7. The molecule has 0 saturated heterocycles. The summed E-state index contributed by atoms with van der Waals surface area (Å²) in [4.78, 5) is 11.3. The first-order chi connectivity index (χ1) is 8.89. The molecule has 0 radical (unpaired) electrons. The molecule has 0 unspecified atom stereocenters. The van der Waals surface area contributed by atoms with E-state index in [4.69, 9.17) is 5.73 Å². The predicted molar refractivity (Wildman–Crippen MR) is 80.8 cm³/mol. The number of nitrogens with two attached hydrogens (primary N) is 1. The van der Waals surface area contributed by atoms with E-state index < -0.39 is 15.7 Å². The third-order valence-electron chi connectivity index (χ3n) is 2.75. The van der Waals surface area contributed by atoms with Gasteiger partial charge in [-0.1, -0.05) is 36.4 Å². The highest BCUT2D eigenvalue weighted by atomic mass is 35.5. The molecule has 0 aliphatic carbocycles. The summed E-state index contributed by atoms with van der Waals surface area (Å²) in [6.45, 7) is 0. The molecule has 6 heteroatoms. The van der Waals surface area contributed by atoms with Crippen molar-refractivity contribution in [1.82, 2.24) is 0 Å². The third kappa shape index (κ3) is 3.37. The van der Waals surface area contributed by atoms with Crippen molar-refractivity contribution >= 4 is 28.2 Å². The Balaban J connectivity index is 0.00000200. The lowest BCUT2D eigenvalue weighted by molar-refractivity contribution is 0.1000. The normalized spacial score (nSPS) is 10.7. The van der Waals surface area contributed by atoms with Crippen LogP contribution in [0.2, 0.25) is 0 Å². The van der Waals surface area contributed by atoms with Gasteiger partial charge >= 0.3 is 0 Å². The van der Waals surface area contributed by atoms with Crippen LogP contribution in [0.4, 0.5) is 0 Å². The number of carbonyl (C=O) groups is 1. The van der Waals surface area contributed by atoms with Crippen molar-refractivity contribution < 1.29 is 13.2 Å². The minimum atomic E-state index is -3.45. The van der Waals surface area contributed by atoms with E-state index in [1.54, 1.807) is 6.07 Å². The standard InChI is InChI=1S/C14H13NO3S.ClH/c1-19(17,18)13-9-11(14(15)16)7-8-12(13)10-5-3-2-4-6-10;/h2-9H,1H3,(H2,15,16);1H. The number of primary amides is 1. The predicted octanol–water partition coefficient (Wildman–Crippen LogP) is 2.28. The van der Waals surface area contributed by atoms with Gasteiger partial charge in [-0.15, -0.1) is 12.4 Å². The Labute approximate surface area is 123 Å². The minimum Gasteiger partial charge on any atom is -0.366 e. The van der Waals surface area contributed by atoms with Crippen molar-refractivity contribution in [3.8, 4) is 11.1 Å². The summed E-state index contributed by atoms with van der Waals surface area (Å²) in [5, 5.41) is 0. The van der Waals surface area contributed by atoms with Crippen LogP contribution in [0.3, 0.4) is 0 Å². The van der Waals surface area contributed by atoms with E-state index >= 15 is 0 Å². The van der Waals surface area contributed by atoms with Crippen LogP contribution in [-0.4, -0.2) is 20.6 Å². The number of hydrogen-bond acceptors (Lipinski definition) is 3. The molecule has 0 fully saturated rings. The zero-order chi connectivity index (χ0) is 14.0. The molecule has 0 aliphatic heterocycles. The first-order valence-corrected chi connectivity index (χ1v) is 7.48. The topological polar surface area (TPSA) is 77.2 Å². The fourth-order valence-electron chi connectivity index (χ4n) is 1.84. The SMILES string of the molecule is CS(=O)(=O)c1cc(C(N)=O)ccc1-c1ccccc1.Cl. The van der Waals surface area contributed by atoms with Gasteiger partial charge in [0.2, 0.25) is 5.91 Å². The largest absolute Gasteiger partial charge is 0.366 e. The van der Waals surface area contributed by atoms with Crippen LogP contribution in [0.25, 0.3) is 11.1 Å². The van der Waals surface area contributed by atoms with Crippen LogP contribution < -0.4 is 5.73 Å². The molecule has 2 aromatic carbocycles. The Kier molecular flexibility index (Phi) is 4.92. The van der Waals surface area contributed by atoms with Gasteiger partial charge in [-0.05, 0) is 17.7 Å². The van der Waals surface area contributed by atoms with Crippen molar-refractivity contribution in [2.24, 2.45) is 5.73 Å². The maximum Gasteiger partial charge on any atom is 0.248 e. The maximum atomic E-state index is 11.8. The third-order valence-corrected chi connectivity index (χ3v) is 3.89. The number of hydrogen-bond donors (Lipinski definition) is 1. The van der Waals surface area contributed by atoms with Gasteiger partial charge in [-0.3, -0.25) is 4.79 Å². The average molecular weight is 312 g/mol. The van der Waals surface area contributed by atoms with E-state index in [0.29, 0.717) is 5.56 Å². The molecular formula is C14H14ClNO3S. The molecule has 2 rings (SSSR count). The molecule has 0 atom stereocenters. The monoisotopic (exact) mass is 311 g/mol. The molecule has 0 spiro atoms. The van der Waals surface area contributed by atoms with E-state index in [1.165, 1.54) is 12.1 Å². The summed E-state index contributed by atoms with van der Waals surface area (Å²) < 4.78 is 23.7. The second-order valence-electron chi connectivity index (χ2n) is 4.21. The van der Waals surface area contributed by atoms with E-state index in [2.05, 4.69) is 0 Å². The number of halogens is 1. The molecule has 1 amide bonds. The Bertz CT molecular complexity index is 727. The number of sulfone groups is 1. The molecule has 0 aromatic heterocycles. The zero-order valence-corrected chi connectivity index (χ0v) is 12.4. The minimum absolute atomic E-state index is 0. The number of benzene rings is 2. The summed E-state index contributed by atoms with van der Waals surface area (Å²) in [7, 11) is -3.45. The van der Waals surface area contributed by atoms with Crippen molar-refractivity contribution in [3.63, 3.8) is 0 Å². The van der Waals surface area contributed by atoms with Crippen molar-refractivity contribution in [2.75, 3.05) is 6.26 Å². The molecule has 0 aliphatic rings. The first-order valence-electron chi connectivity index (χ1n) is 5.59. The van der Waals surface area contributed by atoms with Gasteiger partial charge in [-0.2, -0.15) is 0 Å². The molecule has 0 bridgehead atoms. The second-order valence-corrected chi connectivity index (χ2v) is 6.20. The van der Waals surface area contributed by atoms with Crippen molar-refractivity contribution in [2.45, 2.75) is 4.90 Å². The summed E-state index contributed by atoms with van der Waals surface area (Å²) in [5.74, 6) is -0.649. The molecule has 106 valence electrons. The van der Waals surface area contributed by atoms with Crippen LogP contribution in [0, 0.1) is 0 Å². The van der Waals surface area contributed by atoms with Crippen LogP contribution >= 0.6 is 12.4 Å². The van der Waals surface area contributed by atoms with Crippen LogP contribution in [0.1, 0.15) is 10.4 Å². The van der Waals surface area contributed by atoms with Gasteiger partial charge in [0, 0.05) is 17.4 Å². The molecule has 0 saturated carbocycles.